The molecule has 0 amide bonds. The first-order chi connectivity index (χ1) is 8.18. The maximum Gasteiger partial charge on any atom is 0.139 e. The fourth-order valence-corrected chi connectivity index (χ4v) is 2.16. The molecular formula is C12H12N4O. The molecule has 5 heteroatoms. The number of fused-ring (bicyclic) bond motifs is 1. The molecule has 0 aliphatic carbocycles. The number of benzene rings is 1. The first kappa shape index (κ1) is 9.77. The maximum absolute atomic E-state index is 9.85. The Labute approximate surface area is 97.5 Å². The molecule has 2 heterocycles. The van der Waals surface area contributed by atoms with Crippen molar-refractivity contribution in [2.75, 3.05) is 5.73 Å². The van der Waals surface area contributed by atoms with Crippen LogP contribution in [0.1, 0.15) is 0 Å². The largest absolute Gasteiger partial charge is 0.506 e. The second-order valence-corrected chi connectivity index (χ2v) is 4.03. The van der Waals surface area contributed by atoms with Crippen LogP contribution in [0, 0.1) is 0 Å². The summed E-state index contributed by atoms with van der Waals surface area (Å²) in [5.41, 5.74) is 8.95. The molecule has 0 aliphatic rings. The molecule has 0 saturated carbocycles. The zero-order chi connectivity index (χ0) is 12.0. The summed E-state index contributed by atoms with van der Waals surface area (Å²) < 4.78 is 1.88. The van der Waals surface area contributed by atoms with Crippen molar-refractivity contribution in [3.8, 4) is 17.0 Å². The van der Waals surface area contributed by atoms with E-state index in [0.717, 1.165) is 22.2 Å². The Morgan fingerprint density at radius 1 is 1.41 bits per heavy atom. The fraction of sp³-hybridized carbons (Fsp3) is 0.0833. The third kappa shape index (κ3) is 1.29. The van der Waals surface area contributed by atoms with Gasteiger partial charge in [0.1, 0.15) is 5.75 Å². The van der Waals surface area contributed by atoms with Crippen molar-refractivity contribution in [1.29, 1.82) is 0 Å². The van der Waals surface area contributed by atoms with Gasteiger partial charge in [-0.3, -0.25) is 5.10 Å². The average molecular weight is 228 g/mol. The molecule has 1 aromatic carbocycles. The average Bonchev–Trinajstić information content (AvgIpc) is 2.84. The van der Waals surface area contributed by atoms with Gasteiger partial charge in [0.05, 0.1) is 23.1 Å². The molecule has 0 fully saturated rings. The fourth-order valence-electron chi connectivity index (χ4n) is 2.16. The van der Waals surface area contributed by atoms with E-state index in [2.05, 4.69) is 10.2 Å². The molecule has 3 rings (SSSR count). The number of para-hydroxylation sites is 1. The number of aryl methyl sites for hydroxylation is 1. The van der Waals surface area contributed by atoms with Gasteiger partial charge in [0.25, 0.3) is 0 Å². The van der Waals surface area contributed by atoms with E-state index in [-0.39, 0.29) is 5.75 Å². The lowest BCUT2D eigenvalue weighted by atomic mass is 10.1. The van der Waals surface area contributed by atoms with Gasteiger partial charge < -0.3 is 15.4 Å². The highest BCUT2D eigenvalue weighted by atomic mass is 16.3. The van der Waals surface area contributed by atoms with Gasteiger partial charge >= 0.3 is 0 Å². The Morgan fingerprint density at radius 2 is 2.24 bits per heavy atom. The SMILES string of the molecule is Cn1cc(-c2[nH]ncc2N)c2cccc(O)c21. The number of aromatic nitrogens is 3. The lowest BCUT2D eigenvalue weighted by Gasteiger charge is -1.99. The van der Waals surface area contributed by atoms with E-state index in [1.807, 2.05) is 29.9 Å². The number of aromatic amines is 1. The van der Waals surface area contributed by atoms with Gasteiger partial charge in [0.2, 0.25) is 0 Å². The van der Waals surface area contributed by atoms with Crippen LogP contribution < -0.4 is 5.73 Å². The van der Waals surface area contributed by atoms with Crippen molar-refractivity contribution in [2.24, 2.45) is 7.05 Å². The Morgan fingerprint density at radius 3 is 2.94 bits per heavy atom. The predicted molar refractivity (Wildman–Crippen MR) is 66.6 cm³/mol. The second kappa shape index (κ2) is 3.28. The van der Waals surface area contributed by atoms with E-state index in [9.17, 15) is 5.11 Å². The third-order valence-electron chi connectivity index (χ3n) is 2.92. The molecule has 17 heavy (non-hydrogen) atoms. The van der Waals surface area contributed by atoms with E-state index in [0.29, 0.717) is 5.69 Å². The van der Waals surface area contributed by atoms with Crippen LogP contribution in [0.2, 0.25) is 0 Å². The lowest BCUT2D eigenvalue weighted by Crippen LogP contribution is -1.85. The van der Waals surface area contributed by atoms with Crippen molar-refractivity contribution >= 4 is 16.6 Å². The molecule has 2 aromatic heterocycles. The summed E-state index contributed by atoms with van der Waals surface area (Å²) >= 11 is 0. The highest BCUT2D eigenvalue weighted by Gasteiger charge is 2.14. The molecule has 0 unspecified atom stereocenters. The first-order valence-electron chi connectivity index (χ1n) is 5.24. The number of anilines is 1. The van der Waals surface area contributed by atoms with E-state index in [4.69, 9.17) is 5.73 Å². The number of phenolic OH excluding ortho intramolecular Hbond substituents is 1. The third-order valence-corrected chi connectivity index (χ3v) is 2.92. The van der Waals surface area contributed by atoms with E-state index in [1.165, 1.54) is 0 Å². The molecule has 5 nitrogen and oxygen atoms in total. The normalized spacial score (nSPS) is 11.1. The van der Waals surface area contributed by atoms with Crippen molar-refractivity contribution < 1.29 is 5.11 Å². The molecule has 0 spiro atoms. The van der Waals surface area contributed by atoms with Crippen molar-refractivity contribution in [3.05, 3.63) is 30.6 Å². The van der Waals surface area contributed by atoms with Gasteiger partial charge in [-0.2, -0.15) is 5.10 Å². The molecule has 0 bridgehead atoms. The second-order valence-electron chi connectivity index (χ2n) is 4.03. The molecule has 0 saturated heterocycles. The number of H-pyrrole nitrogens is 1. The number of phenols is 1. The van der Waals surface area contributed by atoms with Crippen LogP contribution in [-0.4, -0.2) is 19.9 Å². The van der Waals surface area contributed by atoms with E-state index < -0.39 is 0 Å². The number of nitrogens with zero attached hydrogens (tertiary/aromatic N) is 2. The summed E-state index contributed by atoms with van der Waals surface area (Å²) in [6, 6.07) is 5.43. The number of hydrogen-bond acceptors (Lipinski definition) is 3. The van der Waals surface area contributed by atoms with Gasteiger partial charge in [-0.1, -0.05) is 12.1 Å². The Kier molecular flexibility index (Phi) is 1.89. The molecular weight excluding hydrogens is 216 g/mol. The van der Waals surface area contributed by atoms with Crippen molar-refractivity contribution in [3.63, 3.8) is 0 Å². The van der Waals surface area contributed by atoms with Gasteiger partial charge in [0.15, 0.2) is 0 Å². The molecule has 0 aliphatic heterocycles. The summed E-state index contributed by atoms with van der Waals surface area (Å²) in [4.78, 5) is 0. The van der Waals surface area contributed by atoms with Crippen molar-refractivity contribution in [2.45, 2.75) is 0 Å². The minimum atomic E-state index is 0.259. The van der Waals surface area contributed by atoms with Crippen LogP contribution in [0.3, 0.4) is 0 Å². The van der Waals surface area contributed by atoms with Gasteiger partial charge in [-0.15, -0.1) is 0 Å². The smallest absolute Gasteiger partial charge is 0.139 e. The van der Waals surface area contributed by atoms with Crippen LogP contribution in [-0.2, 0) is 7.05 Å². The zero-order valence-electron chi connectivity index (χ0n) is 9.31. The number of nitrogens with one attached hydrogen (secondary N) is 1. The van der Waals surface area contributed by atoms with Crippen LogP contribution >= 0.6 is 0 Å². The number of nitrogen functional groups attached to an aromatic ring is 1. The minimum Gasteiger partial charge on any atom is -0.506 e. The van der Waals surface area contributed by atoms with Crippen LogP contribution in [0.5, 0.6) is 5.75 Å². The van der Waals surface area contributed by atoms with Crippen LogP contribution in [0.15, 0.2) is 30.6 Å². The molecule has 0 atom stereocenters. The van der Waals surface area contributed by atoms with Gasteiger partial charge in [0, 0.05) is 24.2 Å². The predicted octanol–water partition coefficient (Wildman–Crippen LogP) is 1.86. The molecule has 4 N–H and O–H groups in total. The number of hydrogen-bond donors (Lipinski definition) is 3. The molecule has 86 valence electrons. The van der Waals surface area contributed by atoms with Crippen LogP contribution in [0.4, 0.5) is 5.69 Å². The van der Waals surface area contributed by atoms with Crippen molar-refractivity contribution in [1.82, 2.24) is 14.8 Å². The Bertz CT molecular complexity index is 696. The highest BCUT2D eigenvalue weighted by Crippen LogP contribution is 2.35. The molecule has 0 radical (unpaired) electrons. The summed E-state index contributed by atoms with van der Waals surface area (Å²) in [5, 5.41) is 17.6. The summed E-state index contributed by atoms with van der Waals surface area (Å²) in [5.74, 6) is 0.259. The Hall–Kier alpha value is -2.43. The summed E-state index contributed by atoms with van der Waals surface area (Å²) in [7, 11) is 1.89. The summed E-state index contributed by atoms with van der Waals surface area (Å²) in [6.07, 6.45) is 3.51. The van der Waals surface area contributed by atoms with Gasteiger partial charge in [-0.25, -0.2) is 0 Å². The van der Waals surface area contributed by atoms with Gasteiger partial charge in [-0.05, 0) is 6.07 Å². The number of nitrogens with two attached hydrogens (primary N) is 1. The molecule has 3 aromatic rings. The minimum absolute atomic E-state index is 0.259. The topological polar surface area (TPSA) is 79.9 Å². The standard InChI is InChI=1S/C12H12N4O/c1-16-6-8(11-9(13)5-14-15-11)7-3-2-4-10(17)12(7)16/h2-6,17H,13H2,1H3,(H,14,15). The van der Waals surface area contributed by atoms with Crippen LogP contribution in [0.25, 0.3) is 22.2 Å². The maximum atomic E-state index is 9.85. The first-order valence-corrected chi connectivity index (χ1v) is 5.24. The lowest BCUT2D eigenvalue weighted by molar-refractivity contribution is 0.479. The highest BCUT2D eigenvalue weighted by molar-refractivity contribution is 6.00. The zero-order valence-corrected chi connectivity index (χ0v) is 9.31. The Balaban J connectivity index is 2.40. The summed E-state index contributed by atoms with van der Waals surface area (Å²) in [6.45, 7) is 0. The monoisotopic (exact) mass is 228 g/mol. The number of aromatic hydroxyl groups is 1. The number of rotatable bonds is 1. The van der Waals surface area contributed by atoms with E-state index in [1.54, 1.807) is 12.3 Å². The quantitative estimate of drug-likeness (QED) is 0.594. The van der Waals surface area contributed by atoms with E-state index >= 15 is 0 Å².